The minimum Gasteiger partial charge on any atom is -0.352 e. The van der Waals surface area contributed by atoms with E-state index in [4.69, 9.17) is 0 Å². The average molecular weight is 288 g/mol. The molecule has 2 aromatic rings. The number of nitrogens with zero attached hydrogens (tertiary/aromatic N) is 6. The summed E-state index contributed by atoms with van der Waals surface area (Å²) in [7, 11) is 0. The van der Waals surface area contributed by atoms with Crippen LogP contribution in [0.3, 0.4) is 0 Å². The van der Waals surface area contributed by atoms with Crippen LogP contribution < -0.4 is 9.80 Å². The summed E-state index contributed by atoms with van der Waals surface area (Å²) in [4.78, 5) is 13.0. The van der Waals surface area contributed by atoms with E-state index in [2.05, 4.69) is 30.0 Å². The number of aromatic nitrogens is 4. The Morgan fingerprint density at radius 2 is 1.65 bits per heavy atom. The van der Waals surface area contributed by atoms with Crippen molar-refractivity contribution in [2.24, 2.45) is 0 Å². The molecule has 1 aliphatic heterocycles. The number of rotatable bonds is 3. The van der Waals surface area contributed by atoms with E-state index in [-0.39, 0.29) is 0 Å². The van der Waals surface area contributed by atoms with Gasteiger partial charge in [0.2, 0.25) is 5.95 Å². The first-order valence-corrected chi connectivity index (χ1v) is 7.74. The van der Waals surface area contributed by atoms with E-state index in [1.165, 1.54) is 0 Å². The lowest BCUT2D eigenvalue weighted by Crippen LogP contribution is -2.47. The summed E-state index contributed by atoms with van der Waals surface area (Å²) < 4.78 is 0. The Morgan fingerprint density at radius 1 is 0.950 bits per heavy atom. The van der Waals surface area contributed by atoms with Gasteiger partial charge in [0.25, 0.3) is 0 Å². The third-order valence-electron chi connectivity index (χ3n) is 3.27. The first kappa shape index (κ1) is 13.1. The zero-order valence-corrected chi connectivity index (χ0v) is 12.1. The van der Waals surface area contributed by atoms with Crippen molar-refractivity contribution >= 4 is 23.5 Å². The van der Waals surface area contributed by atoms with Crippen molar-refractivity contribution in [3.63, 3.8) is 0 Å². The zero-order valence-electron chi connectivity index (χ0n) is 11.3. The molecule has 6 nitrogen and oxygen atoms in total. The highest BCUT2D eigenvalue weighted by molar-refractivity contribution is 7.98. The molecule has 3 heterocycles. The summed E-state index contributed by atoms with van der Waals surface area (Å²) in [5.41, 5.74) is 0. The molecular weight excluding hydrogens is 272 g/mol. The maximum atomic E-state index is 4.29. The Bertz CT molecular complexity index is 539. The molecule has 7 heteroatoms. The lowest BCUT2D eigenvalue weighted by atomic mass is 10.3. The highest BCUT2D eigenvalue weighted by Crippen LogP contribution is 2.17. The smallest absolute Gasteiger partial charge is 0.225 e. The molecule has 0 aromatic carbocycles. The van der Waals surface area contributed by atoms with Gasteiger partial charge in [-0.3, -0.25) is 0 Å². The van der Waals surface area contributed by atoms with Gasteiger partial charge in [-0.1, -0.05) is 0 Å². The van der Waals surface area contributed by atoms with Gasteiger partial charge < -0.3 is 9.80 Å². The summed E-state index contributed by atoms with van der Waals surface area (Å²) in [6.07, 6.45) is 5.56. The normalized spacial score (nSPS) is 15.4. The molecule has 1 saturated heterocycles. The SMILES string of the molecule is CSc1ccc(N2CCN(c3ncccn3)CC2)nn1. The highest BCUT2D eigenvalue weighted by Gasteiger charge is 2.19. The van der Waals surface area contributed by atoms with E-state index >= 15 is 0 Å². The highest BCUT2D eigenvalue weighted by atomic mass is 32.2. The van der Waals surface area contributed by atoms with Gasteiger partial charge in [-0.15, -0.1) is 22.0 Å². The van der Waals surface area contributed by atoms with Crippen LogP contribution in [-0.2, 0) is 0 Å². The first-order chi connectivity index (χ1) is 9.86. The largest absolute Gasteiger partial charge is 0.352 e. The molecular formula is C13H16N6S. The van der Waals surface area contributed by atoms with Gasteiger partial charge in [0, 0.05) is 38.6 Å². The molecule has 1 fully saturated rings. The van der Waals surface area contributed by atoms with Gasteiger partial charge in [-0.05, 0) is 24.5 Å². The second-order valence-electron chi connectivity index (χ2n) is 4.46. The monoisotopic (exact) mass is 288 g/mol. The van der Waals surface area contributed by atoms with Crippen LogP contribution in [0.2, 0.25) is 0 Å². The van der Waals surface area contributed by atoms with Crippen LogP contribution in [0.5, 0.6) is 0 Å². The molecule has 0 bridgehead atoms. The molecule has 20 heavy (non-hydrogen) atoms. The quantitative estimate of drug-likeness (QED) is 0.789. The Morgan fingerprint density at radius 3 is 2.25 bits per heavy atom. The van der Waals surface area contributed by atoms with Crippen molar-refractivity contribution in [1.82, 2.24) is 20.2 Å². The number of thioether (sulfide) groups is 1. The van der Waals surface area contributed by atoms with Crippen LogP contribution in [0.25, 0.3) is 0 Å². The van der Waals surface area contributed by atoms with Crippen molar-refractivity contribution in [2.45, 2.75) is 5.03 Å². The third-order valence-corrected chi connectivity index (χ3v) is 3.91. The molecule has 0 saturated carbocycles. The molecule has 0 amide bonds. The predicted octanol–water partition coefficient (Wildman–Crippen LogP) is 1.32. The lowest BCUT2D eigenvalue weighted by molar-refractivity contribution is 0.629. The Balaban J connectivity index is 1.63. The minimum absolute atomic E-state index is 0.802. The van der Waals surface area contributed by atoms with Gasteiger partial charge in [-0.2, -0.15) is 0 Å². The fourth-order valence-corrected chi connectivity index (χ4v) is 2.51. The Hall–Kier alpha value is -1.89. The molecule has 3 rings (SSSR count). The van der Waals surface area contributed by atoms with Crippen molar-refractivity contribution < 1.29 is 0 Å². The van der Waals surface area contributed by atoms with Crippen LogP contribution in [-0.4, -0.2) is 52.6 Å². The van der Waals surface area contributed by atoms with E-state index in [1.807, 2.05) is 24.5 Å². The Kier molecular flexibility index (Phi) is 3.96. The molecule has 0 N–H and O–H groups in total. The lowest BCUT2D eigenvalue weighted by Gasteiger charge is -2.35. The molecule has 104 valence electrons. The number of hydrogen-bond acceptors (Lipinski definition) is 7. The van der Waals surface area contributed by atoms with E-state index in [0.29, 0.717) is 0 Å². The summed E-state index contributed by atoms with van der Waals surface area (Å²) in [6.45, 7) is 3.61. The van der Waals surface area contributed by atoms with E-state index in [9.17, 15) is 0 Å². The molecule has 2 aromatic heterocycles. The first-order valence-electron chi connectivity index (χ1n) is 6.51. The van der Waals surface area contributed by atoms with Gasteiger partial charge >= 0.3 is 0 Å². The van der Waals surface area contributed by atoms with Gasteiger partial charge in [0.15, 0.2) is 5.82 Å². The maximum absolute atomic E-state index is 4.29. The van der Waals surface area contributed by atoms with Crippen molar-refractivity contribution in [1.29, 1.82) is 0 Å². The predicted molar refractivity (Wildman–Crippen MR) is 80.3 cm³/mol. The summed E-state index contributed by atoms with van der Waals surface area (Å²) in [5, 5.41) is 9.41. The number of anilines is 2. The Labute approximate surface area is 122 Å². The van der Waals surface area contributed by atoms with Gasteiger partial charge in [-0.25, -0.2) is 9.97 Å². The molecule has 0 radical (unpaired) electrons. The standard InChI is InChI=1S/C13H16N6S/c1-20-12-4-3-11(16-17-12)18-7-9-19(10-8-18)13-14-5-2-6-15-13/h2-6H,7-10H2,1H3. The molecule has 0 aliphatic carbocycles. The minimum atomic E-state index is 0.802. The zero-order chi connectivity index (χ0) is 13.8. The molecule has 0 unspecified atom stereocenters. The fourth-order valence-electron chi connectivity index (χ4n) is 2.18. The average Bonchev–Trinajstić information content (AvgIpc) is 2.56. The summed E-state index contributed by atoms with van der Waals surface area (Å²) >= 11 is 1.60. The van der Waals surface area contributed by atoms with Crippen LogP contribution in [0, 0.1) is 0 Å². The van der Waals surface area contributed by atoms with E-state index in [0.717, 1.165) is 43.0 Å². The van der Waals surface area contributed by atoms with Crippen molar-refractivity contribution in [3.05, 3.63) is 30.6 Å². The van der Waals surface area contributed by atoms with E-state index in [1.54, 1.807) is 24.2 Å². The summed E-state index contributed by atoms with van der Waals surface area (Å²) in [6, 6.07) is 5.88. The van der Waals surface area contributed by atoms with Gasteiger partial charge in [0.05, 0.1) is 0 Å². The van der Waals surface area contributed by atoms with Crippen molar-refractivity contribution in [2.75, 3.05) is 42.2 Å². The second-order valence-corrected chi connectivity index (χ2v) is 5.28. The van der Waals surface area contributed by atoms with Crippen LogP contribution in [0.4, 0.5) is 11.8 Å². The van der Waals surface area contributed by atoms with Crippen LogP contribution in [0.1, 0.15) is 0 Å². The molecule has 0 atom stereocenters. The summed E-state index contributed by atoms with van der Waals surface area (Å²) in [5.74, 6) is 1.74. The van der Waals surface area contributed by atoms with Crippen LogP contribution >= 0.6 is 11.8 Å². The van der Waals surface area contributed by atoms with E-state index < -0.39 is 0 Å². The fraction of sp³-hybridized carbons (Fsp3) is 0.385. The van der Waals surface area contributed by atoms with Crippen LogP contribution in [0.15, 0.2) is 35.6 Å². The number of hydrogen-bond donors (Lipinski definition) is 0. The second kappa shape index (κ2) is 6.04. The number of piperazine rings is 1. The van der Waals surface area contributed by atoms with Crippen molar-refractivity contribution in [3.8, 4) is 0 Å². The maximum Gasteiger partial charge on any atom is 0.225 e. The molecule has 0 spiro atoms. The van der Waals surface area contributed by atoms with Gasteiger partial charge in [0.1, 0.15) is 5.03 Å². The topological polar surface area (TPSA) is 58.0 Å². The molecule has 1 aliphatic rings. The third kappa shape index (κ3) is 2.82.